The zero-order chi connectivity index (χ0) is 17.9. The molecule has 0 spiro atoms. The van der Waals surface area contributed by atoms with Crippen molar-refractivity contribution < 1.29 is 9.47 Å². The average Bonchev–Trinajstić information content (AvgIpc) is 3.13. The van der Waals surface area contributed by atoms with E-state index >= 15 is 0 Å². The van der Waals surface area contributed by atoms with Gasteiger partial charge in [0.25, 0.3) is 5.56 Å². The second-order valence-corrected chi connectivity index (χ2v) is 8.00. The summed E-state index contributed by atoms with van der Waals surface area (Å²) in [4.78, 5) is 17.1. The maximum absolute atomic E-state index is 11.9. The van der Waals surface area contributed by atoms with Crippen molar-refractivity contribution in [3.8, 4) is 11.5 Å². The molecule has 0 bridgehead atoms. The summed E-state index contributed by atoms with van der Waals surface area (Å²) < 4.78 is 12.0. The predicted octanol–water partition coefficient (Wildman–Crippen LogP) is 3.71. The minimum absolute atomic E-state index is 0.00970. The number of pyridine rings is 1. The largest absolute Gasteiger partial charge is 0.454 e. The SMILES string of the molecule is O=c1[nH]cc(Br)cc1CN1CCC(CCc2cccc3c2OCO3)CC1. The molecule has 2 aliphatic heterocycles. The molecule has 2 aromatic rings. The minimum atomic E-state index is 0.00970. The molecule has 26 heavy (non-hydrogen) atoms. The van der Waals surface area contributed by atoms with Gasteiger partial charge in [0.1, 0.15) is 0 Å². The number of hydrogen-bond acceptors (Lipinski definition) is 4. The Bertz CT molecular complexity index is 828. The van der Waals surface area contributed by atoms with Crippen molar-refractivity contribution in [2.24, 2.45) is 5.92 Å². The zero-order valence-electron chi connectivity index (χ0n) is 14.7. The third kappa shape index (κ3) is 3.96. The van der Waals surface area contributed by atoms with E-state index in [1.54, 1.807) is 6.20 Å². The molecule has 1 fully saturated rings. The standard InChI is InChI=1S/C20H23BrN2O3/c21-17-10-16(20(24)22-11-17)12-23-8-6-14(7-9-23)4-5-15-2-1-3-18-19(15)26-13-25-18/h1-3,10-11,14H,4-9,12-13H2,(H,22,24). The Labute approximate surface area is 161 Å². The number of piperidine rings is 1. The van der Waals surface area contributed by atoms with E-state index in [0.717, 1.165) is 53.5 Å². The molecule has 0 amide bonds. The van der Waals surface area contributed by atoms with Gasteiger partial charge in [0.15, 0.2) is 11.5 Å². The summed E-state index contributed by atoms with van der Waals surface area (Å²) in [6.45, 7) is 3.14. The Morgan fingerprint density at radius 1 is 1.19 bits per heavy atom. The fraction of sp³-hybridized carbons (Fsp3) is 0.450. The summed E-state index contributed by atoms with van der Waals surface area (Å²) in [5.41, 5.74) is 2.09. The van der Waals surface area contributed by atoms with Crippen molar-refractivity contribution in [1.29, 1.82) is 0 Å². The van der Waals surface area contributed by atoms with Crippen molar-refractivity contribution in [2.45, 2.75) is 32.2 Å². The highest BCUT2D eigenvalue weighted by Crippen LogP contribution is 2.36. The molecule has 0 saturated carbocycles. The van der Waals surface area contributed by atoms with Crippen molar-refractivity contribution in [1.82, 2.24) is 9.88 Å². The minimum Gasteiger partial charge on any atom is -0.454 e. The quantitative estimate of drug-likeness (QED) is 0.803. The van der Waals surface area contributed by atoms with Crippen LogP contribution in [0.5, 0.6) is 11.5 Å². The van der Waals surface area contributed by atoms with Crippen LogP contribution in [0, 0.1) is 5.92 Å². The molecule has 0 unspecified atom stereocenters. The molecule has 0 radical (unpaired) electrons. The molecular weight excluding hydrogens is 396 g/mol. The number of benzene rings is 1. The summed E-state index contributed by atoms with van der Waals surface area (Å²) in [7, 11) is 0. The van der Waals surface area contributed by atoms with E-state index in [2.05, 4.69) is 31.9 Å². The smallest absolute Gasteiger partial charge is 0.252 e. The fourth-order valence-electron chi connectivity index (χ4n) is 3.84. The number of ether oxygens (including phenoxy) is 2. The predicted molar refractivity (Wildman–Crippen MR) is 104 cm³/mol. The lowest BCUT2D eigenvalue weighted by Gasteiger charge is -2.31. The van der Waals surface area contributed by atoms with E-state index in [0.29, 0.717) is 6.79 Å². The topological polar surface area (TPSA) is 54.6 Å². The first-order chi connectivity index (χ1) is 12.7. The van der Waals surface area contributed by atoms with Gasteiger partial charge in [0.2, 0.25) is 6.79 Å². The number of aromatic amines is 1. The van der Waals surface area contributed by atoms with E-state index in [9.17, 15) is 4.79 Å². The van der Waals surface area contributed by atoms with Crippen LogP contribution in [0.3, 0.4) is 0 Å². The number of para-hydroxylation sites is 1. The Morgan fingerprint density at radius 2 is 2.04 bits per heavy atom. The molecule has 0 atom stereocenters. The molecule has 6 heteroatoms. The third-order valence-electron chi connectivity index (χ3n) is 5.35. The van der Waals surface area contributed by atoms with Crippen LogP contribution >= 0.6 is 15.9 Å². The summed E-state index contributed by atoms with van der Waals surface area (Å²) in [6.07, 6.45) is 6.25. The lowest BCUT2D eigenvalue weighted by molar-refractivity contribution is 0.169. The Morgan fingerprint density at radius 3 is 2.88 bits per heavy atom. The maximum Gasteiger partial charge on any atom is 0.252 e. The molecule has 1 aromatic heterocycles. The number of H-pyrrole nitrogens is 1. The second-order valence-electron chi connectivity index (χ2n) is 7.08. The number of nitrogens with one attached hydrogen (secondary N) is 1. The molecule has 0 aliphatic carbocycles. The Balaban J connectivity index is 1.28. The zero-order valence-corrected chi connectivity index (χ0v) is 16.3. The number of likely N-dealkylation sites (tertiary alicyclic amines) is 1. The highest BCUT2D eigenvalue weighted by molar-refractivity contribution is 9.10. The van der Waals surface area contributed by atoms with Gasteiger partial charge in [-0.05, 0) is 78.3 Å². The summed E-state index contributed by atoms with van der Waals surface area (Å²) >= 11 is 3.43. The highest BCUT2D eigenvalue weighted by atomic mass is 79.9. The van der Waals surface area contributed by atoms with Gasteiger partial charge in [-0.2, -0.15) is 0 Å². The van der Waals surface area contributed by atoms with Crippen LogP contribution in [0.15, 0.2) is 39.7 Å². The number of fused-ring (bicyclic) bond motifs is 1. The van der Waals surface area contributed by atoms with Gasteiger partial charge in [-0.1, -0.05) is 12.1 Å². The molecular formula is C20H23BrN2O3. The summed E-state index contributed by atoms with van der Waals surface area (Å²) in [5, 5.41) is 0. The first kappa shape index (κ1) is 17.6. The molecule has 4 rings (SSSR count). The molecule has 3 heterocycles. The van der Waals surface area contributed by atoms with Gasteiger partial charge in [-0.25, -0.2) is 0 Å². The third-order valence-corrected chi connectivity index (χ3v) is 5.80. The van der Waals surface area contributed by atoms with Gasteiger partial charge in [-0.3, -0.25) is 9.69 Å². The number of nitrogens with zero attached hydrogens (tertiary/aromatic N) is 1. The van der Waals surface area contributed by atoms with Crippen LogP contribution < -0.4 is 15.0 Å². The molecule has 2 aliphatic rings. The summed E-state index contributed by atoms with van der Waals surface area (Å²) in [6, 6.07) is 8.07. The normalized spacial score (nSPS) is 17.6. The van der Waals surface area contributed by atoms with E-state index in [-0.39, 0.29) is 5.56 Å². The Kier molecular flexibility index (Phi) is 5.31. The van der Waals surface area contributed by atoms with Crippen molar-refractivity contribution in [3.63, 3.8) is 0 Å². The first-order valence-corrected chi connectivity index (χ1v) is 9.95. The fourth-order valence-corrected chi connectivity index (χ4v) is 4.23. The number of halogens is 1. The van der Waals surface area contributed by atoms with Crippen LogP contribution in [-0.4, -0.2) is 29.8 Å². The lowest BCUT2D eigenvalue weighted by Crippen LogP contribution is -2.35. The second kappa shape index (κ2) is 7.84. The highest BCUT2D eigenvalue weighted by Gasteiger charge is 2.22. The van der Waals surface area contributed by atoms with E-state index in [4.69, 9.17) is 9.47 Å². The number of hydrogen-bond donors (Lipinski definition) is 1. The van der Waals surface area contributed by atoms with Crippen LogP contribution in [0.1, 0.15) is 30.4 Å². The summed E-state index contributed by atoms with van der Waals surface area (Å²) in [5.74, 6) is 2.53. The van der Waals surface area contributed by atoms with Crippen molar-refractivity contribution >= 4 is 15.9 Å². The van der Waals surface area contributed by atoms with Crippen LogP contribution in [0.4, 0.5) is 0 Å². The monoisotopic (exact) mass is 418 g/mol. The average molecular weight is 419 g/mol. The van der Waals surface area contributed by atoms with E-state index in [1.165, 1.54) is 24.8 Å². The number of aryl methyl sites for hydroxylation is 1. The van der Waals surface area contributed by atoms with Gasteiger partial charge >= 0.3 is 0 Å². The van der Waals surface area contributed by atoms with Gasteiger partial charge in [0, 0.05) is 22.8 Å². The Hall–Kier alpha value is -1.79. The van der Waals surface area contributed by atoms with Gasteiger partial charge in [-0.15, -0.1) is 0 Å². The first-order valence-electron chi connectivity index (χ1n) is 9.16. The molecule has 1 saturated heterocycles. The van der Waals surface area contributed by atoms with Gasteiger partial charge in [0.05, 0.1) is 0 Å². The molecule has 5 nitrogen and oxygen atoms in total. The molecule has 138 valence electrons. The van der Waals surface area contributed by atoms with Crippen LogP contribution in [0.25, 0.3) is 0 Å². The van der Waals surface area contributed by atoms with Crippen LogP contribution in [-0.2, 0) is 13.0 Å². The van der Waals surface area contributed by atoms with Gasteiger partial charge < -0.3 is 14.5 Å². The van der Waals surface area contributed by atoms with Crippen molar-refractivity contribution in [2.75, 3.05) is 19.9 Å². The maximum atomic E-state index is 11.9. The number of rotatable bonds is 5. The van der Waals surface area contributed by atoms with E-state index < -0.39 is 0 Å². The number of aromatic nitrogens is 1. The lowest BCUT2D eigenvalue weighted by atomic mass is 9.90. The van der Waals surface area contributed by atoms with Crippen molar-refractivity contribution in [3.05, 3.63) is 56.4 Å². The van der Waals surface area contributed by atoms with E-state index in [1.807, 2.05) is 18.2 Å². The van der Waals surface area contributed by atoms with Crippen LogP contribution in [0.2, 0.25) is 0 Å². The molecule has 1 aromatic carbocycles. The molecule has 1 N–H and O–H groups in total.